The van der Waals surface area contributed by atoms with E-state index in [0.29, 0.717) is 31.1 Å². The highest BCUT2D eigenvalue weighted by atomic mass is 32.2. The van der Waals surface area contributed by atoms with E-state index in [1.54, 1.807) is 12.3 Å². The molecule has 29 heavy (non-hydrogen) atoms. The average molecular weight is 427 g/mol. The van der Waals surface area contributed by atoms with E-state index in [2.05, 4.69) is 14.6 Å². The molecule has 2 aromatic rings. The Morgan fingerprint density at radius 2 is 1.83 bits per heavy atom. The summed E-state index contributed by atoms with van der Waals surface area (Å²) in [5, 5.41) is 0. The van der Waals surface area contributed by atoms with Crippen molar-refractivity contribution in [1.82, 2.24) is 14.0 Å². The Morgan fingerprint density at radius 1 is 1.10 bits per heavy atom. The van der Waals surface area contributed by atoms with E-state index in [0.717, 1.165) is 17.8 Å². The Morgan fingerprint density at radius 3 is 2.48 bits per heavy atom. The number of hydrogen-bond acceptors (Lipinski definition) is 5. The van der Waals surface area contributed by atoms with Gasteiger partial charge in [0.15, 0.2) is 5.82 Å². The summed E-state index contributed by atoms with van der Waals surface area (Å²) in [6, 6.07) is 8.43. The molecule has 0 radical (unpaired) electrons. The molecule has 11 heteroatoms. The number of aromatic nitrogens is 1. The lowest BCUT2D eigenvalue weighted by Gasteiger charge is -2.48. The number of piperazine rings is 1. The van der Waals surface area contributed by atoms with Crippen molar-refractivity contribution < 1.29 is 21.6 Å². The minimum Gasteiger partial charge on any atom is -0.347 e. The van der Waals surface area contributed by atoms with Gasteiger partial charge in [0, 0.05) is 45.1 Å². The van der Waals surface area contributed by atoms with Gasteiger partial charge in [-0.25, -0.2) is 9.71 Å². The van der Waals surface area contributed by atoms with E-state index in [4.69, 9.17) is 0 Å². The number of rotatable bonds is 3. The molecule has 0 spiro atoms. The molecule has 3 heterocycles. The van der Waals surface area contributed by atoms with Crippen molar-refractivity contribution in [2.45, 2.75) is 12.2 Å². The molecule has 0 amide bonds. The smallest absolute Gasteiger partial charge is 0.347 e. The molecular weight excluding hydrogens is 407 g/mol. The maximum absolute atomic E-state index is 12.9. The van der Waals surface area contributed by atoms with Gasteiger partial charge in [-0.15, -0.1) is 0 Å². The monoisotopic (exact) mass is 427 g/mol. The first kappa shape index (κ1) is 19.9. The molecule has 0 aliphatic carbocycles. The molecule has 2 aliphatic rings. The summed E-state index contributed by atoms with van der Waals surface area (Å²) >= 11 is 0. The molecule has 2 aliphatic heterocycles. The fraction of sp³-hybridized carbons (Fsp3) is 0.389. The van der Waals surface area contributed by atoms with Crippen molar-refractivity contribution in [2.24, 2.45) is 0 Å². The number of nitrogens with zero attached hydrogens (tertiary/aromatic N) is 4. The Balaban J connectivity index is 1.69. The molecule has 1 aromatic carbocycles. The molecule has 1 N–H and O–H groups in total. The molecule has 1 saturated heterocycles. The summed E-state index contributed by atoms with van der Waals surface area (Å²) in [6.07, 6.45) is -2.75. The fourth-order valence-corrected chi connectivity index (χ4v) is 4.76. The summed E-state index contributed by atoms with van der Waals surface area (Å²) in [6.45, 7) is 1.50. The molecule has 156 valence electrons. The SMILES string of the molecule is CNS(=O)(=O)N1CCN2c3ncccc3N(c3ccc(C(F)(F)F)cc3)C[C@@H]2C1. The number of hydrogen-bond donors (Lipinski definition) is 1. The highest BCUT2D eigenvalue weighted by molar-refractivity contribution is 7.87. The van der Waals surface area contributed by atoms with Crippen molar-refractivity contribution in [3.63, 3.8) is 0 Å². The zero-order valence-corrected chi connectivity index (χ0v) is 16.4. The van der Waals surface area contributed by atoms with Crippen LogP contribution in [-0.2, 0) is 16.4 Å². The van der Waals surface area contributed by atoms with Crippen molar-refractivity contribution >= 4 is 27.4 Å². The second-order valence-electron chi connectivity index (χ2n) is 6.92. The normalized spacial score (nSPS) is 20.3. The summed E-state index contributed by atoms with van der Waals surface area (Å²) < 4.78 is 66.9. The van der Waals surface area contributed by atoms with E-state index in [9.17, 15) is 21.6 Å². The summed E-state index contributed by atoms with van der Waals surface area (Å²) in [5.74, 6) is 0.699. The third kappa shape index (κ3) is 3.65. The van der Waals surface area contributed by atoms with Crippen LogP contribution in [0.25, 0.3) is 0 Å². The lowest BCUT2D eigenvalue weighted by atomic mass is 10.1. The average Bonchev–Trinajstić information content (AvgIpc) is 2.72. The molecular formula is C18H20F3N5O2S. The Bertz CT molecular complexity index is 997. The lowest BCUT2D eigenvalue weighted by molar-refractivity contribution is -0.137. The van der Waals surface area contributed by atoms with Crippen molar-refractivity contribution in [2.75, 3.05) is 43.0 Å². The molecule has 0 saturated carbocycles. The van der Waals surface area contributed by atoms with Gasteiger partial charge in [-0.3, -0.25) is 0 Å². The lowest BCUT2D eigenvalue weighted by Crippen LogP contribution is -2.61. The van der Waals surface area contributed by atoms with E-state index in [1.807, 2.05) is 11.0 Å². The molecule has 0 bridgehead atoms. The standard InChI is InChI=1S/C18H20F3N5O2S/c1-22-29(27,28)24-9-10-25-15(11-24)12-26(16-3-2-8-23-17(16)25)14-6-4-13(5-7-14)18(19,20)21/h2-8,15,22H,9-12H2,1H3/t15-/m0/s1. The maximum atomic E-state index is 12.9. The molecule has 0 unspecified atom stereocenters. The van der Waals surface area contributed by atoms with Gasteiger partial charge in [-0.1, -0.05) is 0 Å². The second-order valence-corrected chi connectivity index (χ2v) is 8.79. The van der Waals surface area contributed by atoms with Gasteiger partial charge in [0.05, 0.1) is 17.3 Å². The van der Waals surface area contributed by atoms with Crippen molar-refractivity contribution in [3.05, 3.63) is 48.2 Å². The number of fused-ring (bicyclic) bond motifs is 3. The third-order valence-corrected chi connectivity index (χ3v) is 6.80. The van der Waals surface area contributed by atoms with Crippen LogP contribution in [-0.4, -0.2) is 57.0 Å². The fourth-order valence-electron chi connectivity index (χ4n) is 3.81. The van der Waals surface area contributed by atoms with Crippen LogP contribution in [0, 0.1) is 0 Å². The van der Waals surface area contributed by atoms with Crippen molar-refractivity contribution in [3.8, 4) is 0 Å². The Hall–Kier alpha value is -2.37. The van der Waals surface area contributed by atoms with Crippen LogP contribution < -0.4 is 14.5 Å². The molecule has 1 atom stereocenters. The van der Waals surface area contributed by atoms with Gasteiger partial charge in [0.1, 0.15) is 0 Å². The van der Waals surface area contributed by atoms with Gasteiger partial charge in [-0.05, 0) is 36.4 Å². The van der Waals surface area contributed by atoms with Gasteiger partial charge in [0.25, 0.3) is 10.2 Å². The minimum absolute atomic E-state index is 0.184. The predicted octanol–water partition coefficient (Wildman–Crippen LogP) is 2.21. The highest BCUT2D eigenvalue weighted by Gasteiger charge is 2.39. The Labute approximate surface area is 166 Å². The quantitative estimate of drug-likeness (QED) is 0.814. The van der Waals surface area contributed by atoms with Gasteiger partial charge < -0.3 is 9.80 Å². The first-order valence-corrected chi connectivity index (χ1v) is 10.5. The number of anilines is 3. The third-order valence-electron chi connectivity index (χ3n) is 5.27. The van der Waals surface area contributed by atoms with Crippen LogP contribution in [0.2, 0.25) is 0 Å². The van der Waals surface area contributed by atoms with Gasteiger partial charge >= 0.3 is 6.18 Å². The largest absolute Gasteiger partial charge is 0.416 e. The van der Waals surface area contributed by atoms with Crippen molar-refractivity contribution in [1.29, 1.82) is 0 Å². The van der Waals surface area contributed by atoms with Crippen LogP contribution in [0.3, 0.4) is 0 Å². The highest BCUT2D eigenvalue weighted by Crippen LogP contribution is 2.40. The van der Waals surface area contributed by atoms with E-state index in [1.165, 1.54) is 23.5 Å². The summed E-state index contributed by atoms with van der Waals surface area (Å²) in [5.41, 5.74) is 0.671. The van der Waals surface area contributed by atoms with E-state index in [-0.39, 0.29) is 12.6 Å². The van der Waals surface area contributed by atoms with Crippen LogP contribution in [0.15, 0.2) is 42.6 Å². The molecule has 1 fully saturated rings. The van der Waals surface area contributed by atoms with Gasteiger partial charge in [0.2, 0.25) is 0 Å². The number of alkyl halides is 3. The van der Waals surface area contributed by atoms with E-state index < -0.39 is 21.9 Å². The van der Waals surface area contributed by atoms with Crippen LogP contribution in [0.1, 0.15) is 5.56 Å². The summed E-state index contributed by atoms with van der Waals surface area (Å²) in [7, 11) is -2.19. The van der Waals surface area contributed by atoms with Crippen LogP contribution >= 0.6 is 0 Å². The second kappa shape index (κ2) is 7.15. The Kier molecular flexibility index (Phi) is 4.91. The van der Waals surface area contributed by atoms with Gasteiger partial charge in [-0.2, -0.15) is 25.9 Å². The molecule has 7 nitrogen and oxygen atoms in total. The number of halogens is 3. The zero-order valence-electron chi connectivity index (χ0n) is 15.6. The topological polar surface area (TPSA) is 68.8 Å². The molecule has 1 aromatic heterocycles. The van der Waals surface area contributed by atoms with Crippen LogP contribution in [0.5, 0.6) is 0 Å². The number of benzene rings is 1. The maximum Gasteiger partial charge on any atom is 0.416 e. The minimum atomic E-state index is -4.40. The number of pyridine rings is 1. The molecule has 4 rings (SSSR count). The van der Waals surface area contributed by atoms with E-state index >= 15 is 0 Å². The predicted molar refractivity (Wildman–Crippen MR) is 103 cm³/mol. The summed E-state index contributed by atoms with van der Waals surface area (Å²) in [4.78, 5) is 8.42. The number of nitrogens with one attached hydrogen (secondary N) is 1. The first-order chi connectivity index (χ1) is 13.7. The zero-order chi connectivity index (χ0) is 20.8. The van der Waals surface area contributed by atoms with Crippen LogP contribution in [0.4, 0.5) is 30.4 Å². The first-order valence-electron chi connectivity index (χ1n) is 9.06.